The maximum atomic E-state index is 10.3. The molecule has 0 aromatic carbocycles. The number of rotatable bonds is 3. The first-order valence-electron chi connectivity index (χ1n) is 2.35. The first kappa shape index (κ1) is 7.69. The normalized spacial score (nSPS) is 11.1. The molecule has 8 heavy (non-hydrogen) atoms. The van der Waals surface area contributed by atoms with Crippen LogP contribution >= 0.6 is 0 Å². The van der Waals surface area contributed by atoms with Gasteiger partial charge in [-0.1, -0.05) is 6.08 Å². The molecule has 0 amide bonds. The van der Waals surface area contributed by atoms with Gasteiger partial charge < -0.3 is 0 Å². The molecule has 0 radical (unpaired) electrons. The SMILES string of the molecule is C=CCCS(C)(=O)=O. The molecule has 0 aliphatic rings. The van der Waals surface area contributed by atoms with E-state index >= 15 is 0 Å². The quantitative estimate of drug-likeness (QED) is 0.530. The second-order valence-corrected chi connectivity index (χ2v) is 3.97. The van der Waals surface area contributed by atoms with Crippen molar-refractivity contribution >= 4 is 9.84 Å². The first-order valence-corrected chi connectivity index (χ1v) is 4.41. The zero-order valence-corrected chi connectivity index (χ0v) is 5.74. The predicted octanol–water partition coefficient (Wildman–Crippen LogP) is 0.607. The van der Waals surface area contributed by atoms with E-state index in [0.29, 0.717) is 6.42 Å². The summed E-state index contributed by atoms with van der Waals surface area (Å²) in [5.41, 5.74) is 0. The van der Waals surface area contributed by atoms with E-state index in [9.17, 15) is 8.42 Å². The monoisotopic (exact) mass is 134 g/mol. The molecular weight excluding hydrogens is 124 g/mol. The molecule has 0 aliphatic carbocycles. The number of hydrogen-bond donors (Lipinski definition) is 0. The van der Waals surface area contributed by atoms with Crippen LogP contribution in [0.1, 0.15) is 6.42 Å². The summed E-state index contributed by atoms with van der Waals surface area (Å²) < 4.78 is 20.7. The van der Waals surface area contributed by atoms with Crippen LogP contribution in [0.4, 0.5) is 0 Å². The number of sulfone groups is 1. The Morgan fingerprint density at radius 2 is 2.12 bits per heavy atom. The lowest BCUT2D eigenvalue weighted by atomic mass is 10.5. The topological polar surface area (TPSA) is 34.1 Å². The van der Waals surface area contributed by atoms with E-state index in [1.807, 2.05) is 0 Å². The fourth-order valence-electron chi connectivity index (χ4n) is 0.297. The molecule has 3 heteroatoms. The molecule has 0 aliphatic heterocycles. The third kappa shape index (κ3) is 5.69. The van der Waals surface area contributed by atoms with E-state index in [1.54, 1.807) is 6.08 Å². The average Bonchev–Trinajstić information content (AvgIpc) is 1.59. The molecule has 0 bridgehead atoms. The molecule has 0 heterocycles. The number of allylic oxidation sites excluding steroid dienone is 1. The fourth-order valence-corrected chi connectivity index (χ4v) is 0.892. The summed E-state index contributed by atoms with van der Waals surface area (Å²) in [7, 11) is -2.76. The van der Waals surface area contributed by atoms with Crippen LogP contribution in [0.15, 0.2) is 12.7 Å². The minimum absolute atomic E-state index is 0.219. The van der Waals surface area contributed by atoms with E-state index in [-0.39, 0.29) is 5.75 Å². The fraction of sp³-hybridized carbons (Fsp3) is 0.600. The van der Waals surface area contributed by atoms with Crippen molar-refractivity contribution in [1.29, 1.82) is 0 Å². The van der Waals surface area contributed by atoms with Gasteiger partial charge in [0.1, 0.15) is 9.84 Å². The van der Waals surface area contributed by atoms with Gasteiger partial charge in [-0.05, 0) is 6.42 Å². The van der Waals surface area contributed by atoms with Crippen LogP contribution in [0.3, 0.4) is 0 Å². The number of hydrogen-bond acceptors (Lipinski definition) is 2. The minimum atomic E-state index is -2.76. The smallest absolute Gasteiger partial charge is 0.147 e. The highest BCUT2D eigenvalue weighted by atomic mass is 32.2. The molecule has 0 fully saturated rings. The summed E-state index contributed by atoms with van der Waals surface area (Å²) in [4.78, 5) is 0. The van der Waals surface area contributed by atoms with Gasteiger partial charge in [0.25, 0.3) is 0 Å². The zero-order valence-electron chi connectivity index (χ0n) is 4.92. The maximum Gasteiger partial charge on any atom is 0.147 e. The van der Waals surface area contributed by atoms with Gasteiger partial charge in [-0.15, -0.1) is 6.58 Å². The summed E-state index contributed by atoms with van der Waals surface area (Å²) in [6.45, 7) is 3.40. The van der Waals surface area contributed by atoms with E-state index in [1.165, 1.54) is 6.26 Å². The van der Waals surface area contributed by atoms with Gasteiger partial charge in [-0.25, -0.2) is 8.42 Å². The third-order valence-corrected chi connectivity index (χ3v) is 1.67. The van der Waals surface area contributed by atoms with E-state index in [4.69, 9.17) is 0 Å². The second kappa shape index (κ2) is 2.87. The van der Waals surface area contributed by atoms with E-state index in [0.717, 1.165) is 0 Å². The Hall–Kier alpha value is -0.310. The Balaban J connectivity index is 3.57. The highest BCUT2D eigenvalue weighted by Gasteiger charge is 1.96. The van der Waals surface area contributed by atoms with Crippen LogP contribution < -0.4 is 0 Å². The molecule has 0 atom stereocenters. The van der Waals surface area contributed by atoms with Crippen LogP contribution in [-0.2, 0) is 9.84 Å². The molecule has 0 saturated heterocycles. The van der Waals surface area contributed by atoms with Crippen LogP contribution in [0.25, 0.3) is 0 Å². The van der Waals surface area contributed by atoms with Gasteiger partial charge in [0.2, 0.25) is 0 Å². The van der Waals surface area contributed by atoms with Crippen LogP contribution in [0.5, 0.6) is 0 Å². The highest BCUT2D eigenvalue weighted by molar-refractivity contribution is 7.90. The van der Waals surface area contributed by atoms with Crippen molar-refractivity contribution in [3.05, 3.63) is 12.7 Å². The summed E-state index contributed by atoms with van der Waals surface area (Å²) in [6.07, 6.45) is 3.37. The minimum Gasteiger partial charge on any atom is -0.229 e. The lowest BCUT2D eigenvalue weighted by molar-refractivity contribution is 0.601. The lowest BCUT2D eigenvalue weighted by Gasteiger charge is -1.88. The predicted molar refractivity (Wildman–Crippen MR) is 34.5 cm³/mol. The van der Waals surface area contributed by atoms with Crippen molar-refractivity contribution in [3.8, 4) is 0 Å². The van der Waals surface area contributed by atoms with Crippen molar-refractivity contribution in [2.75, 3.05) is 12.0 Å². The first-order chi connectivity index (χ1) is 3.56. The van der Waals surface area contributed by atoms with Crippen LogP contribution in [0, 0.1) is 0 Å². The second-order valence-electron chi connectivity index (χ2n) is 1.71. The summed E-state index contributed by atoms with van der Waals surface area (Å²) >= 11 is 0. The standard InChI is InChI=1S/C5H10O2S/c1-3-4-5-8(2,6)7/h3H,1,4-5H2,2H3. The van der Waals surface area contributed by atoms with Gasteiger partial charge in [-0.3, -0.25) is 0 Å². The van der Waals surface area contributed by atoms with Crippen molar-refractivity contribution in [2.24, 2.45) is 0 Å². The van der Waals surface area contributed by atoms with Crippen molar-refractivity contribution in [3.63, 3.8) is 0 Å². The molecule has 0 aromatic rings. The molecule has 48 valence electrons. The molecule has 0 unspecified atom stereocenters. The molecule has 0 rings (SSSR count). The molecule has 0 N–H and O–H groups in total. The van der Waals surface area contributed by atoms with E-state index < -0.39 is 9.84 Å². The Labute approximate surface area is 50.1 Å². The molecular formula is C5H10O2S. The Morgan fingerprint density at radius 1 is 1.62 bits per heavy atom. The zero-order chi connectivity index (χ0) is 6.62. The van der Waals surface area contributed by atoms with Gasteiger partial charge in [-0.2, -0.15) is 0 Å². The Bertz CT molecular complexity index is 155. The van der Waals surface area contributed by atoms with Crippen molar-refractivity contribution < 1.29 is 8.42 Å². The largest absolute Gasteiger partial charge is 0.229 e. The van der Waals surface area contributed by atoms with E-state index in [2.05, 4.69) is 6.58 Å². The summed E-state index contributed by atoms with van der Waals surface area (Å²) in [5.74, 6) is 0.219. The Kier molecular flexibility index (Phi) is 2.76. The van der Waals surface area contributed by atoms with Gasteiger partial charge >= 0.3 is 0 Å². The highest BCUT2D eigenvalue weighted by Crippen LogP contribution is 1.87. The lowest BCUT2D eigenvalue weighted by Crippen LogP contribution is -2.00. The van der Waals surface area contributed by atoms with Crippen molar-refractivity contribution in [2.45, 2.75) is 6.42 Å². The summed E-state index contributed by atoms with van der Waals surface area (Å²) in [5, 5.41) is 0. The average molecular weight is 134 g/mol. The molecule has 0 saturated carbocycles. The summed E-state index contributed by atoms with van der Waals surface area (Å²) in [6, 6.07) is 0. The van der Waals surface area contributed by atoms with Crippen molar-refractivity contribution in [1.82, 2.24) is 0 Å². The van der Waals surface area contributed by atoms with Gasteiger partial charge in [0.05, 0.1) is 5.75 Å². The third-order valence-electron chi connectivity index (χ3n) is 0.693. The van der Waals surface area contributed by atoms with Crippen LogP contribution in [-0.4, -0.2) is 20.4 Å². The molecule has 0 aromatic heterocycles. The van der Waals surface area contributed by atoms with Crippen LogP contribution in [0.2, 0.25) is 0 Å². The van der Waals surface area contributed by atoms with Gasteiger partial charge in [0, 0.05) is 6.26 Å². The maximum absolute atomic E-state index is 10.3. The molecule has 0 spiro atoms. The Morgan fingerprint density at radius 3 is 2.25 bits per heavy atom. The van der Waals surface area contributed by atoms with Gasteiger partial charge in [0.15, 0.2) is 0 Å². The molecule has 2 nitrogen and oxygen atoms in total.